The number of hydrogen-bond acceptors (Lipinski definition) is 4. The first-order valence-electron chi connectivity index (χ1n) is 8.74. The van der Waals surface area contributed by atoms with E-state index in [9.17, 15) is 18.0 Å². The number of amides is 2. The summed E-state index contributed by atoms with van der Waals surface area (Å²) in [5.74, 6) is -0.386. The fourth-order valence-electron chi connectivity index (χ4n) is 3.62. The van der Waals surface area contributed by atoms with Crippen molar-refractivity contribution < 1.29 is 18.0 Å². The zero-order chi connectivity index (χ0) is 18.9. The van der Waals surface area contributed by atoms with Crippen molar-refractivity contribution >= 4 is 33.3 Å². The molecule has 2 aliphatic rings. The normalized spacial score (nSPS) is 24.8. The lowest BCUT2D eigenvalue weighted by atomic mass is 10.1. The van der Waals surface area contributed by atoms with E-state index in [0.29, 0.717) is 31.0 Å². The number of benzene rings is 1. The van der Waals surface area contributed by atoms with Gasteiger partial charge in [-0.15, -0.1) is 0 Å². The molecule has 2 fully saturated rings. The van der Waals surface area contributed by atoms with E-state index in [1.165, 1.54) is 4.90 Å². The van der Waals surface area contributed by atoms with Gasteiger partial charge in [-0.1, -0.05) is 23.7 Å². The lowest BCUT2D eigenvalue weighted by Crippen LogP contribution is -2.42. The number of halogens is 1. The van der Waals surface area contributed by atoms with Crippen LogP contribution in [0, 0.1) is 5.92 Å². The van der Waals surface area contributed by atoms with Crippen molar-refractivity contribution in [3.8, 4) is 0 Å². The van der Waals surface area contributed by atoms with Gasteiger partial charge < -0.3 is 9.80 Å². The summed E-state index contributed by atoms with van der Waals surface area (Å²) in [6.07, 6.45) is 1.38. The number of sulfone groups is 1. The van der Waals surface area contributed by atoms with Gasteiger partial charge in [0.05, 0.1) is 17.4 Å². The number of nitrogens with zero attached hydrogens (tertiary/aromatic N) is 2. The molecule has 0 aromatic heterocycles. The summed E-state index contributed by atoms with van der Waals surface area (Å²) >= 11 is 5.87. The highest BCUT2D eigenvalue weighted by atomic mass is 35.5. The standard InChI is InChI=1S/C18H23ClN2O4S/c1-20(16-7-9-26(24,25)12-16)18(23)14-10-17(22)21(11-14)8-6-13-2-4-15(19)5-3-13/h2-5,14,16H,6-12H2,1H3. The summed E-state index contributed by atoms with van der Waals surface area (Å²) in [6, 6.07) is 7.23. The average molecular weight is 399 g/mol. The minimum Gasteiger partial charge on any atom is -0.342 e. The Morgan fingerprint density at radius 2 is 2.00 bits per heavy atom. The number of likely N-dealkylation sites (tertiary alicyclic amines) is 1. The molecule has 142 valence electrons. The second-order valence-electron chi connectivity index (χ2n) is 7.12. The van der Waals surface area contributed by atoms with Gasteiger partial charge >= 0.3 is 0 Å². The van der Waals surface area contributed by atoms with Crippen LogP contribution in [0.15, 0.2) is 24.3 Å². The molecule has 0 saturated carbocycles. The molecule has 0 N–H and O–H groups in total. The molecule has 6 nitrogen and oxygen atoms in total. The van der Waals surface area contributed by atoms with Gasteiger partial charge in [0.2, 0.25) is 11.8 Å². The fourth-order valence-corrected chi connectivity index (χ4v) is 5.52. The Balaban J connectivity index is 1.55. The maximum atomic E-state index is 12.7. The predicted octanol–water partition coefficient (Wildman–Crippen LogP) is 1.38. The molecule has 1 aromatic rings. The molecule has 1 aromatic carbocycles. The second kappa shape index (κ2) is 7.56. The quantitative estimate of drug-likeness (QED) is 0.750. The van der Waals surface area contributed by atoms with Crippen LogP contribution in [0.4, 0.5) is 0 Å². The highest BCUT2D eigenvalue weighted by Crippen LogP contribution is 2.24. The minimum atomic E-state index is -3.04. The number of carbonyl (C=O) groups is 2. The van der Waals surface area contributed by atoms with E-state index in [0.717, 1.165) is 5.56 Å². The Hall–Kier alpha value is -1.60. The van der Waals surface area contributed by atoms with E-state index in [2.05, 4.69) is 0 Å². The summed E-state index contributed by atoms with van der Waals surface area (Å²) in [7, 11) is -1.39. The first-order chi connectivity index (χ1) is 12.2. The smallest absolute Gasteiger partial charge is 0.228 e. The molecule has 0 aliphatic carbocycles. The Bertz CT molecular complexity index is 794. The third-order valence-corrected chi connectivity index (χ3v) is 7.25. The Morgan fingerprint density at radius 3 is 2.62 bits per heavy atom. The van der Waals surface area contributed by atoms with E-state index >= 15 is 0 Å². The summed E-state index contributed by atoms with van der Waals surface area (Å²) < 4.78 is 23.3. The summed E-state index contributed by atoms with van der Waals surface area (Å²) in [5, 5.41) is 0.675. The highest BCUT2D eigenvalue weighted by Gasteiger charge is 2.39. The SMILES string of the molecule is CN(C(=O)C1CC(=O)N(CCc2ccc(Cl)cc2)C1)C1CCS(=O)(=O)C1. The van der Waals surface area contributed by atoms with Crippen LogP contribution in [0.3, 0.4) is 0 Å². The molecular formula is C18H23ClN2O4S. The molecule has 2 heterocycles. The van der Waals surface area contributed by atoms with Crippen LogP contribution >= 0.6 is 11.6 Å². The van der Waals surface area contributed by atoms with E-state index in [1.54, 1.807) is 11.9 Å². The van der Waals surface area contributed by atoms with Crippen molar-refractivity contribution in [2.45, 2.75) is 25.3 Å². The highest BCUT2D eigenvalue weighted by molar-refractivity contribution is 7.91. The van der Waals surface area contributed by atoms with Gasteiger partial charge in [0.15, 0.2) is 9.84 Å². The van der Waals surface area contributed by atoms with Crippen molar-refractivity contribution in [3.63, 3.8) is 0 Å². The van der Waals surface area contributed by atoms with E-state index < -0.39 is 9.84 Å². The summed E-state index contributed by atoms with van der Waals surface area (Å²) in [4.78, 5) is 28.2. The lowest BCUT2D eigenvalue weighted by Gasteiger charge is -2.26. The summed E-state index contributed by atoms with van der Waals surface area (Å²) in [5.41, 5.74) is 1.09. The van der Waals surface area contributed by atoms with Crippen molar-refractivity contribution in [3.05, 3.63) is 34.9 Å². The number of rotatable bonds is 5. The molecule has 8 heteroatoms. The monoisotopic (exact) mass is 398 g/mol. The van der Waals surface area contributed by atoms with Crippen LogP contribution < -0.4 is 0 Å². The molecule has 0 bridgehead atoms. The maximum Gasteiger partial charge on any atom is 0.228 e. The largest absolute Gasteiger partial charge is 0.342 e. The Kier molecular flexibility index (Phi) is 5.58. The average Bonchev–Trinajstić information content (AvgIpc) is 3.15. The van der Waals surface area contributed by atoms with Crippen LogP contribution in [0.1, 0.15) is 18.4 Å². The van der Waals surface area contributed by atoms with Crippen molar-refractivity contribution in [1.29, 1.82) is 0 Å². The third-order valence-electron chi connectivity index (χ3n) is 5.25. The number of hydrogen-bond donors (Lipinski definition) is 0. The molecule has 2 atom stereocenters. The molecule has 26 heavy (non-hydrogen) atoms. The summed E-state index contributed by atoms with van der Waals surface area (Å²) in [6.45, 7) is 0.959. The zero-order valence-electron chi connectivity index (χ0n) is 14.7. The molecule has 2 saturated heterocycles. The first-order valence-corrected chi connectivity index (χ1v) is 10.9. The van der Waals surface area contributed by atoms with Gasteiger partial charge in [-0.25, -0.2) is 8.42 Å². The minimum absolute atomic E-state index is 0.0234. The van der Waals surface area contributed by atoms with Crippen LogP contribution in [0.5, 0.6) is 0 Å². The van der Waals surface area contributed by atoms with Gasteiger partial charge in [0.25, 0.3) is 0 Å². The maximum absolute atomic E-state index is 12.7. The molecule has 3 rings (SSSR count). The molecule has 2 unspecified atom stereocenters. The van der Waals surface area contributed by atoms with Gasteiger partial charge in [0, 0.05) is 37.6 Å². The third kappa shape index (κ3) is 4.38. The predicted molar refractivity (Wildman–Crippen MR) is 99.7 cm³/mol. The Morgan fingerprint density at radius 1 is 1.31 bits per heavy atom. The van der Waals surface area contributed by atoms with Gasteiger partial charge in [-0.2, -0.15) is 0 Å². The molecule has 0 spiro atoms. The van der Waals surface area contributed by atoms with Gasteiger partial charge in [0.1, 0.15) is 0 Å². The van der Waals surface area contributed by atoms with E-state index in [-0.39, 0.29) is 41.7 Å². The van der Waals surface area contributed by atoms with Crippen LogP contribution in [0.25, 0.3) is 0 Å². The lowest BCUT2D eigenvalue weighted by molar-refractivity contribution is -0.136. The van der Waals surface area contributed by atoms with E-state index in [4.69, 9.17) is 11.6 Å². The van der Waals surface area contributed by atoms with Gasteiger partial charge in [-0.05, 0) is 30.5 Å². The second-order valence-corrected chi connectivity index (χ2v) is 9.79. The molecule has 0 radical (unpaired) electrons. The zero-order valence-corrected chi connectivity index (χ0v) is 16.3. The molecule has 2 aliphatic heterocycles. The molecule has 2 amide bonds. The Labute approximate surface area is 159 Å². The van der Waals surface area contributed by atoms with Crippen molar-refractivity contribution in [2.75, 3.05) is 31.6 Å². The van der Waals surface area contributed by atoms with Crippen molar-refractivity contribution in [2.24, 2.45) is 5.92 Å². The fraction of sp³-hybridized carbons (Fsp3) is 0.556. The van der Waals surface area contributed by atoms with E-state index in [1.807, 2.05) is 24.3 Å². The number of carbonyl (C=O) groups excluding carboxylic acids is 2. The topological polar surface area (TPSA) is 74.8 Å². The van der Waals surface area contributed by atoms with Crippen molar-refractivity contribution in [1.82, 2.24) is 9.80 Å². The first kappa shape index (κ1) is 19.2. The van der Waals surface area contributed by atoms with Crippen LogP contribution in [-0.4, -0.2) is 67.7 Å². The van der Waals surface area contributed by atoms with Crippen LogP contribution in [-0.2, 0) is 25.8 Å². The molecular weight excluding hydrogens is 376 g/mol. The van der Waals surface area contributed by atoms with Gasteiger partial charge in [-0.3, -0.25) is 9.59 Å². The van der Waals surface area contributed by atoms with Crippen LogP contribution in [0.2, 0.25) is 5.02 Å².